The molecular weight excluding hydrogens is 336 g/mol. The molecule has 0 unspecified atom stereocenters. The summed E-state index contributed by atoms with van der Waals surface area (Å²) < 4.78 is 0. The first kappa shape index (κ1) is 17.2. The first-order chi connectivity index (χ1) is 11.8. The van der Waals surface area contributed by atoms with Crippen LogP contribution in [0.5, 0.6) is 0 Å². The smallest absolute Gasteiger partial charge is 0.262 e. The second kappa shape index (κ2) is 6.68. The van der Waals surface area contributed by atoms with Gasteiger partial charge in [0.25, 0.3) is 11.5 Å². The fourth-order valence-electron chi connectivity index (χ4n) is 2.50. The molecule has 0 saturated carbocycles. The number of aromatic amines is 2. The third-order valence-electron chi connectivity index (χ3n) is 3.53. The fraction of sp³-hybridized carbons (Fsp3) is 0.278. The molecule has 3 aromatic heterocycles. The largest absolute Gasteiger partial charge is 0.321 e. The van der Waals surface area contributed by atoms with Crippen LogP contribution in [0.15, 0.2) is 40.5 Å². The second-order valence-electron chi connectivity index (χ2n) is 7.06. The number of carbonyl (C=O) groups excluding carboxylic acids is 1. The van der Waals surface area contributed by atoms with Gasteiger partial charge in [0, 0.05) is 11.8 Å². The normalized spacial score (nSPS) is 11.5. The molecule has 0 bridgehead atoms. The summed E-state index contributed by atoms with van der Waals surface area (Å²) in [5.74, 6) is -0.0706. The average molecular weight is 356 g/mol. The van der Waals surface area contributed by atoms with Gasteiger partial charge in [0.05, 0.1) is 10.6 Å². The number of amides is 1. The predicted octanol–water partition coefficient (Wildman–Crippen LogP) is 3.67. The topological polar surface area (TPSA) is 90.6 Å². The highest BCUT2D eigenvalue weighted by atomic mass is 32.1. The summed E-state index contributed by atoms with van der Waals surface area (Å²) in [7, 11) is 0. The lowest BCUT2D eigenvalue weighted by Gasteiger charge is -2.15. The highest BCUT2D eigenvalue weighted by molar-refractivity contribution is 7.13. The molecule has 7 heteroatoms. The molecule has 0 aliphatic heterocycles. The van der Waals surface area contributed by atoms with Crippen LogP contribution in [0.1, 0.15) is 36.8 Å². The Balaban J connectivity index is 1.74. The molecule has 0 fully saturated rings. The van der Waals surface area contributed by atoms with Crippen molar-refractivity contribution in [2.24, 2.45) is 5.41 Å². The molecule has 0 aromatic carbocycles. The molecule has 3 N–H and O–H groups in total. The Bertz CT molecular complexity index is 933. The zero-order valence-electron chi connectivity index (χ0n) is 14.3. The van der Waals surface area contributed by atoms with Crippen LogP contribution in [0, 0.1) is 5.41 Å². The summed E-state index contributed by atoms with van der Waals surface area (Å²) in [6.45, 7) is 6.38. The van der Waals surface area contributed by atoms with Crippen LogP contribution in [-0.2, 0) is 6.42 Å². The molecule has 6 nitrogen and oxygen atoms in total. The van der Waals surface area contributed by atoms with Crippen molar-refractivity contribution in [2.45, 2.75) is 27.2 Å². The van der Waals surface area contributed by atoms with Crippen LogP contribution < -0.4 is 10.9 Å². The number of thiophene rings is 1. The van der Waals surface area contributed by atoms with Crippen LogP contribution in [0.2, 0.25) is 0 Å². The van der Waals surface area contributed by atoms with Crippen molar-refractivity contribution >= 4 is 23.1 Å². The first-order valence-electron chi connectivity index (χ1n) is 7.95. The number of nitrogens with one attached hydrogen (secondary N) is 3. The minimum absolute atomic E-state index is 0.0562. The van der Waals surface area contributed by atoms with E-state index in [2.05, 4.69) is 41.3 Å². The molecule has 0 atom stereocenters. The van der Waals surface area contributed by atoms with Crippen molar-refractivity contribution in [3.05, 3.63) is 57.3 Å². The second-order valence-corrected chi connectivity index (χ2v) is 8.01. The number of hydrogen-bond donors (Lipinski definition) is 3. The minimum Gasteiger partial charge on any atom is -0.321 e. The molecule has 0 spiro atoms. The molecule has 0 aliphatic carbocycles. The Morgan fingerprint density at radius 3 is 2.72 bits per heavy atom. The van der Waals surface area contributed by atoms with Gasteiger partial charge in [-0.1, -0.05) is 26.8 Å². The Morgan fingerprint density at radius 2 is 2.08 bits per heavy atom. The van der Waals surface area contributed by atoms with Gasteiger partial charge in [-0.3, -0.25) is 14.7 Å². The van der Waals surface area contributed by atoms with Gasteiger partial charge in [-0.25, -0.2) is 0 Å². The van der Waals surface area contributed by atoms with Crippen molar-refractivity contribution in [2.75, 3.05) is 5.32 Å². The van der Waals surface area contributed by atoms with E-state index in [0.29, 0.717) is 11.5 Å². The van der Waals surface area contributed by atoms with E-state index in [1.54, 1.807) is 12.1 Å². The molecule has 3 rings (SSSR count). The molecule has 0 radical (unpaired) electrons. The first-order valence-corrected chi connectivity index (χ1v) is 8.83. The van der Waals surface area contributed by atoms with E-state index in [1.165, 1.54) is 17.4 Å². The quantitative estimate of drug-likeness (QED) is 0.666. The van der Waals surface area contributed by atoms with Crippen molar-refractivity contribution in [1.82, 2.24) is 15.2 Å². The minimum atomic E-state index is -0.479. The van der Waals surface area contributed by atoms with Gasteiger partial charge in [0.2, 0.25) is 0 Å². The molecule has 3 aromatic rings. The maximum absolute atomic E-state index is 12.3. The van der Waals surface area contributed by atoms with Crippen molar-refractivity contribution in [3.8, 4) is 10.6 Å². The third kappa shape index (κ3) is 4.24. The Labute approximate surface area is 149 Å². The van der Waals surface area contributed by atoms with E-state index in [-0.39, 0.29) is 11.0 Å². The van der Waals surface area contributed by atoms with Crippen LogP contribution in [0.4, 0.5) is 5.82 Å². The van der Waals surface area contributed by atoms with Gasteiger partial charge >= 0.3 is 0 Å². The molecule has 25 heavy (non-hydrogen) atoms. The van der Waals surface area contributed by atoms with Crippen molar-refractivity contribution in [1.29, 1.82) is 0 Å². The third-order valence-corrected chi connectivity index (χ3v) is 4.44. The lowest BCUT2D eigenvalue weighted by molar-refractivity contribution is 0.102. The summed E-state index contributed by atoms with van der Waals surface area (Å²) in [5.41, 5.74) is 1.38. The van der Waals surface area contributed by atoms with Gasteiger partial charge in [0.15, 0.2) is 5.82 Å². The summed E-state index contributed by atoms with van der Waals surface area (Å²) in [6.07, 6.45) is 0.811. The maximum Gasteiger partial charge on any atom is 0.262 e. The highest BCUT2D eigenvalue weighted by Crippen LogP contribution is 2.22. The molecular formula is C18H20N4O2S. The number of pyridine rings is 1. The molecule has 3 heterocycles. The fourth-order valence-corrected chi connectivity index (χ4v) is 3.21. The summed E-state index contributed by atoms with van der Waals surface area (Å²) in [6, 6.07) is 8.88. The Kier molecular flexibility index (Phi) is 4.59. The number of carbonyl (C=O) groups is 1. The molecule has 0 saturated heterocycles. The number of aromatic nitrogens is 3. The number of rotatable bonds is 4. The van der Waals surface area contributed by atoms with E-state index < -0.39 is 11.5 Å². The summed E-state index contributed by atoms with van der Waals surface area (Å²) >= 11 is 1.52. The zero-order valence-corrected chi connectivity index (χ0v) is 15.2. The number of anilines is 1. The zero-order chi connectivity index (χ0) is 18.0. The van der Waals surface area contributed by atoms with Crippen molar-refractivity contribution < 1.29 is 4.79 Å². The van der Waals surface area contributed by atoms with E-state index in [1.807, 2.05) is 17.5 Å². The monoisotopic (exact) mass is 356 g/mol. The van der Waals surface area contributed by atoms with E-state index in [4.69, 9.17) is 0 Å². The van der Waals surface area contributed by atoms with Gasteiger partial charge < -0.3 is 10.3 Å². The SMILES string of the molecule is CC(C)(C)Cc1cc(NC(=O)c2ccc(-c3cccs3)[nH]c2=O)n[nH]1. The summed E-state index contributed by atoms with van der Waals surface area (Å²) in [4.78, 5) is 28.3. The molecule has 0 aliphatic rings. The van der Waals surface area contributed by atoms with Gasteiger partial charge in [-0.2, -0.15) is 5.10 Å². The molecule has 1 amide bonds. The van der Waals surface area contributed by atoms with E-state index in [9.17, 15) is 9.59 Å². The van der Waals surface area contributed by atoms with Gasteiger partial charge in [-0.05, 0) is 35.4 Å². The van der Waals surface area contributed by atoms with Gasteiger partial charge in [-0.15, -0.1) is 11.3 Å². The van der Waals surface area contributed by atoms with Crippen LogP contribution in [-0.4, -0.2) is 21.1 Å². The Hall–Kier alpha value is -2.67. The van der Waals surface area contributed by atoms with Crippen LogP contribution in [0.3, 0.4) is 0 Å². The standard InChI is InChI=1S/C18H20N4O2S/c1-18(2,3)10-11-9-15(22-21-11)20-17(24)12-6-7-13(19-16(12)23)14-5-4-8-25-14/h4-9H,10H2,1-3H3,(H,19,23)(H2,20,21,22,24). The van der Waals surface area contributed by atoms with Crippen molar-refractivity contribution in [3.63, 3.8) is 0 Å². The van der Waals surface area contributed by atoms with Crippen LogP contribution >= 0.6 is 11.3 Å². The van der Waals surface area contributed by atoms with E-state index >= 15 is 0 Å². The highest BCUT2D eigenvalue weighted by Gasteiger charge is 2.16. The average Bonchev–Trinajstić information content (AvgIpc) is 3.17. The lowest BCUT2D eigenvalue weighted by Crippen LogP contribution is -2.23. The van der Waals surface area contributed by atoms with E-state index in [0.717, 1.165) is 17.0 Å². The molecule has 130 valence electrons. The number of H-pyrrole nitrogens is 2. The number of hydrogen-bond acceptors (Lipinski definition) is 4. The summed E-state index contributed by atoms with van der Waals surface area (Å²) in [5, 5.41) is 11.6. The Morgan fingerprint density at radius 1 is 1.28 bits per heavy atom. The van der Waals surface area contributed by atoms with Gasteiger partial charge in [0.1, 0.15) is 5.56 Å². The predicted molar refractivity (Wildman–Crippen MR) is 100 cm³/mol. The lowest BCUT2D eigenvalue weighted by atomic mass is 9.91. The van der Waals surface area contributed by atoms with Crippen LogP contribution in [0.25, 0.3) is 10.6 Å². The maximum atomic E-state index is 12.3. The number of nitrogens with zero attached hydrogens (tertiary/aromatic N) is 1.